The van der Waals surface area contributed by atoms with Crippen LogP contribution in [0.1, 0.15) is 30.4 Å². The number of amides is 1. The number of fused-ring (bicyclic) bond motifs is 1. The third kappa shape index (κ3) is 3.19. The van der Waals surface area contributed by atoms with E-state index in [-0.39, 0.29) is 12.0 Å². The molecule has 0 radical (unpaired) electrons. The Morgan fingerprint density at radius 3 is 3.00 bits per heavy atom. The Balaban J connectivity index is 1.56. The molecular weight excluding hydrogens is 252 g/mol. The van der Waals surface area contributed by atoms with E-state index in [4.69, 9.17) is 0 Å². The lowest BCUT2D eigenvalue weighted by Crippen LogP contribution is -2.42. The largest absolute Gasteiger partial charge is 0.392 e. The number of benzene rings is 1. The van der Waals surface area contributed by atoms with E-state index >= 15 is 0 Å². The maximum Gasteiger partial charge on any atom is 0.238 e. The van der Waals surface area contributed by atoms with Gasteiger partial charge in [0.2, 0.25) is 5.91 Å². The lowest BCUT2D eigenvalue weighted by atomic mass is 10.1. The monoisotopic (exact) mass is 274 g/mol. The zero-order valence-electron chi connectivity index (χ0n) is 11.8. The number of nitrogens with zero attached hydrogens (tertiary/aromatic N) is 1. The predicted molar refractivity (Wildman–Crippen MR) is 78.8 cm³/mol. The van der Waals surface area contributed by atoms with Gasteiger partial charge in [0.25, 0.3) is 0 Å². The van der Waals surface area contributed by atoms with Crippen molar-refractivity contribution in [1.82, 2.24) is 4.90 Å². The Morgan fingerprint density at radius 2 is 2.15 bits per heavy atom. The molecule has 1 atom stereocenters. The number of carbonyl (C=O) groups is 1. The number of aryl methyl sites for hydroxylation is 2. The summed E-state index contributed by atoms with van der Waals surface area (Å²) in [6, 6.07) is 6.22. The van der Waals surface area contributed by atoms with Gasteiger partial charge in [0, 0.05) is 12.2 Å². The van der Waals surface area contributed by atoms with Crippen molar-refractivity contribution in [3.63, 3.8) is 0 Å². The summed E-state index contributed by atoms with van der Waals surface area (Å²) in [5.41, 5.74) is 3.69. The average Bonchev–Trinajstić information content (AvgIpc) is 2.86. The third-order valence-electron chi connectivity index (χ3n) is 4.23. The molecule has 1 fully saturated rings. The van der Waals surface area contributed by atoms with Crippen molar-refractivity contribution in [1.29, 1.82) is 0 Å². The van der Waals surface area contributed by atoms with Gasteiger partial charge in [-0.05, 0) is 61.9 Å². The normalized spacial score (nSPS) is 22.6. The lowest BCUT2D eigenvalue weighted by Gasteiger charge is -2.29. The van der Waals surface area contributed by atoms with E-state index in [1.807, 2.05) is 11.0 Å². The van der Waals surface area contributed by atoms with Crippen LogP contribution in [0.15, 0.2) is 18.2 Å². The maximum atomic E-state index is 12.1. The van der Waals surface area contributed by atoms with Crippen LogP contribution in [-0.4, -0.2) is 41.7 Å². The average molecular weight is 274 g/mol. The summed E-state index contributed by atoms with van der Waals surface area (Å²) in [7, 11) is 0. The van der Waals surface area contributed by atoms with Gasteiger partial charge in [-0.15, -0.1) is 0 Å². The highest BCUT2D eigenvalue weighted by Gasteiger charge is 2.20. The van der Waals surface area contributed by atoms with Gasteiger partial charge in [-0.3, -0.25) is 9.69 Å². The molecule has 0 bridgehead atoms. The zero-order valence-corrected chi connectivity index (χ0v) is 11.8. The van der Waals surface area contributed by atoms with E-state index < -0.39 is 0 Å². The number of nitrogens with one attached hydrogen (secondary N) is 1. The van der Waals surface area contributed by atoms with Crippen LogP contribution in [0.5, 0.6) is 0 Å². The van der Waals surface area contributed by atoms with Gasteiger partial charge in [-0.25, -0.2) is 0 Å². The SMILES string of the molecule is O=C(CN1CCC[C@H](O)C1)Nc1ccc2c(c1)CCC2. The molecule has 108 valence electrons. The summed E-state index contributed by atoms with van der Waals surface area (Å²) in [4.78, 5) is 14.1. The fraction of sp³-hybridized carbons (Fsp3) is 0.562. The van der Waals surface area contributed by atoms with Crippen molar-refractivity contribution in [2.75, 3.05) is 25.0 Å². The minimum absolute atomic E-state index is 0.0112. The molecule has 4 nitrogen and oxygen atoms in total. The zero-order chi connectivity index (χ0) is 13.9. The van der Waals surface area contributed by atoms with Gasteiger partial charge in [0.1, 0.15) is 0 Å². The van der Waals surface area contributed by atoms with E-state index in [0.29, 0.717) is 13.1 Å². The number of likely N-dealkylation sites (tertiary alicyclic amines) is 1. The highest BCUT2D eigenvalue weighted by Crippen LogP contribution is 2.24. The highest BCUT2D eigenvalue weighted by atomic mass is 16.3. The molecule has 1 aliphatic carbocycles. The van der Waals surface area contributed by atoms with E-state index in [0.717, 1.165) is 37.9 Å². The summed E-state index contributed by atoms with van der Waals surface area (Å²) >= 11 is 0. The first-order chi connectivity index (χ1) is 9.70. The van der Waals surface area contributed by atoms with Crippen LogP contribution >= 0.6 is 0 Å². The fourth-order valence-corrected chi connectivity index (χ4v) is 3.23. The van der Waals surface area contributed by atoms with Crippen molar-refractivity contribution >= 4 is 11.6 Å². The first-order valence-electron chi connectivity index (χ1n) is 7.53. The standard InChI is InChI=1S/C16H22N2O2/c19-15-5-2-8-18(10-15)11-16(20)17-14-7-6-12-3-1-4-13(12)9-14/h6-7,9,15,19H,1-5,8,10-11H2,(H,17,20)/t15-/m0/s1. The quantitative estimate of drug-likeness (QED) is 0.879. The molecule has 4 heteroatoms. The molecule has 2 N–H and O–H groups in total. The van der Waals surface area contributed by atoms with Gasteiger partial charge < -0.3 is 10.4 Å². The first-order valence-corrected chi connectivity index (χ1v) is 7.53. The molecule has 0 aromatic heterocycles. The Morgan fingerprint density at radius 1 is 1.30 bits per heavy atom. The molecule has 1 saturated heterocycles. The number of hydrogen-bond acceptors (Lipinski definition) is 3. The van der Waals surface area contributed by atoms with Crippen LogP contribution in [0.2, 0.25) is 0 Å². The Bertz CT molecular complexity index is 501. The molecule has 1 amide bonds. The van der Waals surface area contributed by atoms with Gasteiger partial charge in [0.05, 0.1) is 12.6 Å². The first kappa shape index (κ1) is 13.6. The maximum absolute atomic E-state index is 12.1. The van der Waals surface area contributed by atoms with Crippen LogP contribution in [0.3, 0.4) is 0 Å². The number of carbonyl (C=O) groups excluding carboxylic acids is 1. The van der Waals surface area contributed by atoms with Gasteiger partial charge in [-0.1, -0.05) is 6.07 Å². The minimum Gasteiger partial charge on any atom is -0.392 e. The number of β-amino-alcohol motifs (C(OH)–C–C–N with tert-alkyl or cyclic N) is 1. The second kappa shape index (κ2) is 5.94. The molecule has 0 unspecified atom stereocenters. The minimum atomic E-state index is -0.281. The molecule has 0 saturated carbocycles. The molecule has 1 aliphatic heterocycles. The van der Waals surface area contributed by atoms with Gasteiger partial charge in [0.15, 0.2) is 0 Å². The van der Waals surface area contributed by atoms with Crippen molar-refractivity contribution in [3.8, 4) is 0 Å². The molecule has 1 aromatic carbocycles. The lowest BCUT2D eigenvalue weighted by molar-refractivity contribution is -0.118. The molecule has 3 rings (SSSR count). The molecule has 0 spiro atoms. The Kier molecular flexibility index (Phi) is 4.03. The Labute approximate surface area is 119 Å². The summed E-state index contributed by atoms with van der Waals surface area (Å²) in [5.74, 6) is 0.0112. The number of rotatable bonds is 3. The van der Waals surface area contributed by atoms with E-state index in [2.05, 4.69) is 17.4 Å². The van der Waals surface area contributed by atoms with Crippen molar-refractivity contribution in [2.24, 2.45) is 0 Å². The van der Waals surface area contributed by atoms with E-state index in [1.165, 1.54) is 17.5 Å². The number of aliphatic hydroxyl groups is 1. The van der Waals surface area contributed by atoms with Crippen molar-refractivity contribution in [2.45, 2.75) is 38.2 Å². The second-order valence-corrected chi connectivity index (χ2v) is 5.92. The van der Waals surface area contributed by atoms with Crippen molar-refractivity contribution < 1.29 is 9.90 Å². The summed E-state index contributed by atoms with van der Waals surface area (Å²) < 4.78 is 0. The fourth-order valence-electron chi connectivity index (χ4n) is 3.23. The molecule has 1 aromatic rings. The molecule has 2 aliphatic rings. The van der Waals surface area contributed by atoms with E-state index in [9.17, 15) is 9.90 Å². The number of hydrogen-bond donors (Lipinski definition) is 2. The second-order valence-electron chi connectivity index (χ2n) is 5.92. The van der Waals surface area contributed by atoms with Gasteiger partial charge in [-0.2, -0.15) is 0 Å². The van der Waals surface area contributed by atoms with Crippen LogP contribution in [0, 0.1) is 0 Å². The third-order valence-corrected chi connectivity index (χ3v) is 4.23. The number of aliphatic hydroxyl groups excluding tert-OH is 1. The van der Waals surface area contributed by atoms with E-state index in [1.54, 1.807) is 0 Å². The van der Waals surface area contributed by atoms with Crippen LogP contribution in [0.4, 0.5) is 5.69 Å². The summed E-state index contributed by atoms with van der Waals surface area (Å²) in [6.07, 6.45) is 5.04. The van der Waals surface area contributed by atoms with Gasteiger partial charge >= 0.3 is 0 Å². The number of piperidine rings is 1. The van der Waals surface area contributed by atoms with Crippen LogP contribution < -0.4 is 5.32 Å². The Hall–Kier alpha value is -1.39. The molecular formula is C16H22N2O2. The molecule has 20 heavy (non-hydrogen) atoms. The summed E-state index contributed by atoms with van der Waals surface area (Å²) in [6.45, 7) is 1.88. The summed E-state index contributed by atoms with van der Waals surface area (Å²) in [5, 5.41) is 12.6. The smallest absolute Gasteiger partial charge is 0.238 e. The predicted octanol–water partition coefficient (Wildman–Crippen LogP) is 1.57. The molecule has 1 heterocycles. The topological polar surface area (TPSA) is 52.6 Å². The highest BCUT2D eigenvalue weighted by molar-refractivity contribution is 5.92. The van der Waals surface area contributed by atoms with Crippen LogP contribution in [0.25, 0.3) is 0 Å². The van der Waals surface area contributed by atoms with Crippen LogP contribution in [-0.2, 0) is 17.6 Å². The number of anilines is 1. The van der Waals surface area contributed by atoms with Crippen molar-refractivity contribution in [3.05, 3.63) is 29.3 Å².